The van der Waals surface area contributed by atoms with E-state index in [9.17, 15) is 9.18 Å². The lowest BCUT2D eigenvalue weighted by molar-refractivity contribution is -0.137. The molecule has 1 aromatic rings. The van der Waals surface area contributed by atoms with Crippen LogP contribution in [0.2, 0.25) is 5.02 Å². The van der Waals surface area contributed by atoms with E-state index in [1.807, 2.05) is 0 Å². The van der Waals surface area contributed by atoms with Gasteiger partial charge >= 0.3 is 5.97 Å². The van der Waals surface area contributed by atoms with Gasteiger partial charge in [-0.2, -0.15) is 0 Å². The molecule has 0 bridgehead atoms. The van der Waals surface area contributed by atoms with E-state index >= 15 is 0 Å². The Morgan fingerprint density at radius 1 is 1.62 bits per heavy atom. The number of nitrogens with zero attached hydrogens (tertiary/aromatic N) is 1. The van der Waals surface area contributed by atoms with Gasteiger partial charge in [-0.1, -0.05) is 11.6 Å². The van der Waals surface area contributed by atoms with Crippen LogP contribution in [-0.4, -0.2) is 27.9 Å². The number of rotatable bonds is 2. The summed E-state index contributed by atoms with van der Waals surface area (Å²) in [5.74, 6) is -1.03. The van der Waals surface area contributed by atoms with Crippen molar-refractivity contribution >= 4 is 34.4 Å². The van der Waals surface area contributed by atoms with E-state index in [1.54, 1.807) is 0 Å². The van der Waals surface area contributed by atoms with Gasteiger partial charge in [0.25, 0.3) is 0 Å². The van der Waals surface area contributed by atoms with Crippen molar-refractivity contribution in [3.05, 3.63) is 34.6 Å². The van der Waals surface area contributed by atoms with Gasteiger partial charge in [-0.25, -0.2) is 9.18 Å². The highest BCUT2D eigenvalue weighted by atomic mass is 35.5. The SMILES string of the molecule is O=C(O)C1CSC(c2cc(F)ccc2Cl)=N1. The minimum absolute atomic E-state index is 0.359. The number of carboxylic acid groups (broad SMARTS) is 1. The van der Waals surface area contributed by atoms with Gasteiger partial charge in [-0.15, -0.1) is 11.8 Å². The number of thioether (sulfide) groups is 1. The molecule has 0 aliphatic carbocycles. The van der Waals surface area contributed by atoms with Gasteiger partial charge in [0.15, 0.2) is 6.04 Å². The third-order valence-corrected chi connectivity index (χ3v) is 3.51. The van der Waals surface area contributed by atoms with Crippen molar-refractivity contribution < 1.29 is 14.3 Å². The van der Waals surface area contributed by atoms with E-state index in [-0.39, 0.29) is 0 Å². The highest BCUT2D eigenvalue weighted by Crippen LogP contribution is 2.28. The smallest absolute Gasteiger partial charge is 0.329 e. The van der Waals surface area contributed by atoms with Crippen molar-refractivity contribution in [2.24, 2.45) is 4.99 Å². The molecule has 0 saturated carbocycles. The topological polar surface area (TPSA) is 49.7 Å². The third kappa shape index (κ3) is 2.20. The first-order chi connectivity index (χ1) is 7.58. The standard InChI is InChI=1S/C10H7ClFNO2S/c11-7-2-1-5(12)3-6(7)9-13-8(4-16-9)10(14)15/h1-3,8H,4H2,(H,14,15). The van der Waals surface area contributed by atoms with E-state index in [1.165, 1.54) is 30.0 Å². The van der Waals surface area contributed by atoms with Crippen LogP contribution in [0.15, 0.2) is 23.2 Å². The van der Waals surface area contributed by atoms with E-state index < -0.39 is 17.8 Å². The fourth-order valence-electron chi connectivity index (χ4n) is 1.31. The molecule has 1 aromatic carbocycles. The molecule has 6 heteroatoms. The Balaban J connectivity index is 2.35. The molecule has 16 heavy (non-hydrogen) atoms. The Morgan fingerprint density at radius 2 is 2.38 bits per heavy atom. The molecule has 1 aliphatic rings. The van der Waals surface area contributed by atoms with Gasteiger partial charge in [-0.05, 0) is 18.2 Å². The number of benzene rings is 1. The fraction of sp³-hybridized carbons (Fsp3) is 0.200. The summed E-state index contributed by atoms with van der Waals surface area (Å²) >= 11 is 7.17. The molecule has 1 unspecified atom stereocenters. The van der Waals surface area contributed by atoms with Crippen molar-refractivity contribution in [3.63, 3.8) is 0 Å². The number of aliphatic imine (C=N–C) groups is 1. The van der Waals surface area contributed by atoms with E-state index in [2.05, 4.69) is 4.99 Å². The molecule has 1 aliphatic heterocycles. The summed E-state index contributed by atoms with van der Waals surface area (Å²) < 4.78 is 13.0. The van der Waals surface area contributed by atoms with E-state index in [0.29, 0.717) is 21.4 Å². The summed E-state index contributed by atoms with van der Waals surface area (Å²) in [6, 6.07) is 3.18. The van der Waals surface area contributed by atoms with Crippen LogP contribution in [-0.2, 0) is 4.79 Å². The Kier molecular flexibility index (Phi) is 3.16. The molecule has 0 amide bonds. The first-order valence-corrected chi connectivity index (χ1v) is 5.83. The van der Waals surface area contributed by atoms with E-state index in [0.717, 1.165) is 0 Å². The van der Waals surface area contributed by atoms with Crippen LogP contribution in [0.4, 0.5) is 4.39 Å². The molecule has 2 rings (SSSR count). The zero-order valence-corrected chi connectivity index (χ0v) is 9.56. The van der Waals surface area contributed by atoms with Gasteiger partial charge in [0.05, 0.1) is 5.02 Å². The van der Waals surface area contributed by atoms with Gasteiger partial charge in [0.1, 0.15) is 10.9 Å². The number of hydrogen-bond acceptors (Lipinski definition) is 3. The second-order valence-electron chi connectivity index (χ2n) is 3.22. The number of carboxylic acids is 1. The summed E-state index contributed by atoms with van der Waals surface area (Å²) in [4.78, 5) is 14.7. The molecule has 0 fully saturated rings. The predicted molar refractivity (Wildman–Crippen MR) is 61.8 cm³/mol. The lowest BCUT2D eigenvalue weighted by Gasteiger charge is -2.02. The minimum Gasteiger partial charge on any atom is -0.480 e. The molecule has 1 atom stereocenters. The maximum Gasteiger partial charge on any atom is 0.329 e. The summed E-state index contributed by atoms with van der Waals surface area (Å²) in [6.45, 7) is 0. The van der Waals surface area contributed by atoms with Crippen LogP contribution < -0.4 is 0 Å². The number of halogens is 2. The highest BCUT2D eigenvalue weighted by Gasteiger charge is 2.26. The van der Waals surface area contributed by atoms with Crippen molar-refractivity contribution in [2.45, 2.75) is 6.04 Å². The van der Waals surface area contributed by atoms with Crippen LogP contribution in [0, 0.1) is 5.82 Å². The molecular formula is C10H7ClFNO2S. The minimum atomic E-state index is -0.977. The lowest BCUT2D eigenvalue weighted by Crippen LogP contribution is -2.17. The maximum atomic E-state index is 13.0. The van der Waals surface area contributed by atoms with Crippen molar-refractivity contribution in [3.8, 4) is 0 Å². The number of aliphatic carboxylic acids is 1. The van der Waals surface area contributed by atoms with Crippen molar-refractivity contribution in [1.82, 2.24) is 0 Å². The third-order valence-electron chi connectivity index (χ3n) is 2.09. The molecule has 3 nitrogen and oxygen atoms in total. The largest absolute Gasteiger partial charge is 0.480 e. The average Bonchev–Trinajstić information content (AvgIpc) is 2.70. The van der Waals surface area contributed by atoms with Gasteiger partial charge in [0, 0.05) is 11.3 Å². The molecule has 0 spiro atoms. The summed E-state index contributed by atoms with van der Waals surface area (Å²) in [5, 5.41) is 9.63. The quantitative estimate of drug-likeness (QED) is 0.887. The zero-order chi connectivity index (χ0) is 11.7. The molecule has 0 aromatic heterocycles. The Labute approximate surface area is 100 Å². The first-order valence-electron chi connectivity index (χ1n) is 4.47. The second-order valence-corrected chi connectivity index (χ2v) is 4.64. The Bertz CT molecular complexity index is 478. The average molecular weight is 260 g/mol. The maximum absolute atomic E-state index is 13.0. The Hall–Kier alpha value is -1.07. The summed E-state index contributed by atoms with van der Waals surface area (Å²) in [6.07, 6.45) is 0. The summed E-state index contributed by atoms with van der Waals surface area (Å²) in [5.41, 5.74) is 0.454. The van der Waals surface area contributed by atoms with Crippen LogP contribution in [0.5, 0.6) is 0 Å². The highest BCUT2D eigenvalue weighted by molar-refractivity contribution is 8.14. The van der Waals surface area contributed by atoms with Gasteiger partial charge in [0.2, 0.25) is 0 Å². The van der Waals surface area contributed by atoms with Crippen LogP contribution in [0.1, 0.15) is 5.56 Å². The van der Waals surface area contributed by atoms with Crippen molar-refractivity contribution in [1.29, 1.82) is 0 Å². The Morgan fingerprint density at radius 3 is 3.00 bits per heavy atom. The monoisotopic (exact) mass is 259 g/mol. The molecule has 0 saturated heterocycles. The lowest BCUT2D eigenvalue weighted by atomic mass is 10.2. The summed E-state index contributed by atoms with van der Waals surface area (Å²) in [7, 11) is 0. The molecule has 84 valence electrons. The van der Waals surface area contributed by atoms with Gasteiger partial charge < -0.3 is 5.11 Å². The molecule has 1 heterocycles. The molecule has 1 N–H and O–H groups in total. The zero-order valence-electron chi connectivity index (χ0n) is 7.98. The van der Waals surface area contributed by atoms with Crippen LogP contribution >= 0.6 is 23.4 Å². The van der Waals surface area contributed by atoms with Crippen molar-refractivity contribution in [2.75, 3.05) is 5.75 Å². The fourth-order valence-corrected chi connectivity index (χ4v) is 2.63. The van der Waals surface area contributed by atoms with Gasteiger partial charge in [-0.3, -0.25) is 4.99 Å². The second kappa shape index (κ2) is 4.43. The normalized spacial score (nSPS) is 19.6. The van der Waals surface area contributed by atoms with Crippen LogP contribution in [0.25, 0.3) is 0 Å². The molecule has 0 radical (unpaired) electrons. The number of carbonyl (C=O) groups is 1. The predicted octanol–water partition coefficient (Wildman–Crippen LogP) is 2.43. The number of hydrogen-bond donors (Lipinski definition) is 1. The van der Waals surface area contributed by atoms with Crippen LogP contribution in [0.3, 0.4) is 0 Å². The molecular weight excluding hydrogens is 253 g/mol. The van der Waals surface area contributed by atoms with E-state index in [4.69, 9.17) is 16.7 Å². The first kappa shape index (κ1) is 11.4.